The van der Waals surface area contributed by atoms with Gasteiger partial charge in [0, 0.05) is 0 Å². The Bertz CT molecular complexity index is 297. The zero-order valence-electron chi connectivity index (χ0n) is 6.31. The predicted octanol–water partition coefficient (Wildman–Crippen LogP) is 2.78. The maximum atomic E-state index is 12.9. The number of hydrogen-bond donors (Lipinski definition) is 1. The third-order valence-corrected chi connectivity index (χ3v) is 1.57. The molecule has 0 saturated carbocycles. The van der Waals surface area contributed by atoms with Crippen LogP contribution in [0.1, 0.15) is 17.6 Å². The molecule has 0 unspecified atom stereocenters. The highest BCUT2D eigenvalue weighted by Crippen LogP contribution is 2.31. The van der Waals surface area contributed by atoms with Gasteiger partial charge in [-0.1, -0.05) is 6.07 Å². The monoisotopic (exact) mass is 176 g/mol. The molecule has 4 heteroatoms. The standard InChI is InChI=1S/C8H7F3O/c1-4-2-3-5(12)6(7(4)9)8(10)11/h2-3,8,12H,1H3. The second-order valence-corrected chi connectivity index (χ2v) is 2.43. The minimum atomic E-state index is -2.98. The minimum Gasteiger partial charge on any atom is -0.507 e. The molecule has 1 aromatic carbocycles. The van der Waals surface area contributed by atoms with Crippen LogP contribution in [0.15, 0.2) is 12.1 Å². The highest BCUT2D eigenvalue weighted by molar-refractivity contribution is 5.38. The van der Waals surface area contributed by atoms with Crippen LogP contribution in [-0.4, -0.2) is 5.11 Å². The lowest BCUT2D eigenvalue weighted by molar-refractivity contribution is 0.142. The number of rotatable bonds is 1. The summed E-state index contributed by atoms with van der Waals surface area (Å²) < 4.78 is 37.0. The SMILES string of the molecule is Cc1ccc(O)c(C(F)F)c1F. The third-order valence-electron chi connectivity index (χ3n) is 1.57. The zero-order valence-corrected chi connectivity index (χ0v) is 6.31. The van der Waals surface area contributed by atoms with E-state index in [0.29, 0.717) is 0 Å². The van der Waals surface area contributed by atoms with Crippen LogP contribution in [0.3, 0.4) is 0 Å². The Hall–Kier alpha value is -1.19. The molecule has 1 nitrogen and oxygen atoms in total. The van der Waals surface area contributed by atoms with Crippen molar-refractivity contribution in [2.24, 2.45) is 0 Å². The average Bonchev–Trinajstić information content (AvgIpc) is 1.97. The van der Waals surface area contributed by atoms with Gasteiger partial charge in [-0.15, -0.1) is 0 Å². The Morgan fingerprint density at radius 3 is 2.33 bits per heavy atom. The Labute approximate surface area is 67.5 Å². The van der Waals surface area contributed by atoms with Crippen LogP contribution >= 0.6 is 0 Å². The van der Waals surface area contributed by atoms with Crippen molar-refractivity contribution in [3.8, 4) is 5.75 Å². The topological polar surface area (TPSA) is 20.2 Å². The summed E-state index contributed by atoms with van der Waals surface area (Å²) in [7, 11) is 0. The van der Waals surface area contributed by atoms with Crippen molar-refractivity contribution >= 4 is 0 Å². The molecule has 0 aromatic heterocycles. The van der Waals surface area contributed by atoms with Crippen LogP contribution < -0.4 is 0 Å². The normalized spacial score (nSPS) is 10.8. The van der Waals surface area contributed by atoms with Crippen molar-refractivity contribution in [3.05, 3.63) is 29.1 Å². The second kappa shape index (κ2) is 3.05. The third kappa shape index (κ3) is 1.37. The smallest absolute Gasteiger partial charge is 0.270 e. The van der Waals surface area contributed by atoms with Crippen LogP contribution in [0.25, 0.3) is 0 Å². The largest absolute Gasteiger partial charge is 0.507 e. The first-order valence-electron chi connectivity index (χ1n) is 3.30. The number of benzene rings is 1. The van der Waals surface area contributed by atoms with Crippen molar-refractivity contribution in [1.29, 1.82) is 0 Å². The maximum absolute atomic E-state index is 12.9. The summed E-state index contributed by atoms with van der Waals surface area (Å²) in [6, 6.07) is 2.30. The predicted molar refractivity (Wildman–Crippen MR) is 37.8 cm³/mol. The van der Waals surface area contributed by atoms with Gasteiger partial charge >= 0.3 is 0 Å². The van der Waals surface area contributed by atoms with E-state index in [0.717, 1.165) is 6.07 Å². The summed E-state index contributed by atoms with van der Waals surface area (Å²) in [5, 5.41) is 8.87. The molecule has 0 bridgehead atoms. The van der Waals surface area contributed by atoms with Gasteiger partial charge in [-0.05, 0) is 18.6 Å². The van der Waals surface area contributed by atoms with Crippen LogP contribution in [0.4, 0.5) is 13.2 Å². The molecule has 66 valence electrons. The van der Waals surface area contributed by atoms with Gasteiger partial charge in [0.25, 0.3) is 6.43 Å². The maximum Gasteiger partial charge on any atom is 0.270 e. The van der Waals surface area contributed by atoms with E-state index in [1.165, 1.54) is 13.0 Å². The van der Waals surface area contributed by atoms with Crippen molar-refractivity contribution in [2.75, 3.05) is 0 Å². The molecule has 1 rings (SSSR count). The Balaban J connectivity index is 3.33. The van der Waals surface area contributed by atoms with Crippen LogP contribution in [0.5, 0.6) is 5.75 Å². The van der Waals surface area contributed by atoms with Crippen molar-refractivity contribution in [1.82, 2.24) is 0 Å². The van der Waals surface area contributed by atoms with E-state index >= 15 is 0 Å². The fraction of sp³-hybridized carbons (Fsp3) is 0.250. The number of phenols is 1. The van der Waals surface area contributed by atoms with Crippen molar-refractivity contribution in [2.45, 2.75) is 13.3 Å². The molecule has 1 aromatic rings. The molecule has 1 N–H and O–H groups in total. The highest BCUT2D eigenvalue weighted by atomic mass is 19.3. The quantitative estimate of drug-likeness (QED) is 0.697. The Morgan fingerprint density at radius 1 is 1.33 bits per heavy atom. The van der Waals surface area contributed by atoms with Gasteiger partial charge in [0.05, 0.1) is 5.56 Å². The number of phenolic OH excluding ortho intramolecular Hbond substituents is 1. The number of aromatic hydroxyl groups is 1. The van der Waals surface area contributed by atoms with Gasteiger partial charge in [0.2, 0.25) is 0 Å². The van der Waals surface area contributed by atoms with Crippen molar-refractivity contribution in [3.63, 3.8) is 0 Å². The number of alkyl halides is 2. The molecule has 0 spiro atoms. The summed E-state index contributed by atoms with van der Waals surface area (Å²) in [5.41, 5.74) is -0.821. The summed E-state index contributed by atoms with van der Waals surface area (Å²) in [4.78, 5) is 0. The molecule has 0 aliphatic heterocycles. The molecule has 12 heavy (non-hydrogen) atoms. The van der Waals surface area contributed by atoms with E-state index in [1.54, 1.807) is 0 Å². The first kappa shape index (κ1) is 8.90. The lowest BCUT2D eigenvalue weighted by Gasteiger charge is -2.06. The Kier molecular flexibility index (Phi) is 2.26. The van der Waals surface area contributed by atoms with Crippen LogP contribution in [-0.2, 0) is 0 Å². The molecule has 0 aliphatic rings. The fourth-order valence-electron chi connectivity index (χ4n) is 0.899. The summed E-state index contributed by atoms with van der Waals surface area (Å²) in [6.07, 6.45) is -2.98. The Morgan fingerprint density at radius 2 is 1.92 bits per heavy atom. The first-order chi connectivity index (χ1) is 5.54. The van der Waals surface area contributed by atoms with E-state index in [-0.39, 0.29) is 5.56 Å². The molecule has 0 heterocycles. The molecule has 0 atom stereocenters. The number of halogens is 3. The fourth-order valence-corrected chi connectivity index (χ4v) is 0.899. The molecular weight excluding hydrogens is 169 g/mol. The highest BCUT2D eigenvalue weighted by Gasteiger charge is 2.19. The van der Waals surface area contributed by atoms with Crippen molar-refractivity contribution < 1.29 is 18.3 Å². The molecule has 0 saturated heterocycles. The van der Waals surface area contributed by atoms with Gasteiger partial charge in [-0.2, -0.15) is 0 Å². The molecule has 0 fully saturated rings. The second-order valence-electron chi connectivity index (χ2n) is 2.43. The van der Waals surface area contributed by atoms with Gasteiger partial charge < -0.3 is 5.11 Å². The summed E-state index contributed by atoms with van der Waals surface area (Å²) in [5.74, 6) is -1.74. The van der Waals surface area contributed by atoms with E-state index < -0.39 is 23.6 Å². The van der Waals surface area contributed by atoms with Crippen LogP contribution in [0.2, 0.25) is 0 Å². The van der Waals surface area contributed by atoms with Gasteiger partial charge in [-0.25, -0.2) is 13.2 Å². The van der Waals surface area contributed by atoms with Gasteiger partial charge in [0.1, 0.15) is 11.6 Å². The lowest BCUT2D eigenvalue weighted by Crippen LogP contribution is -1.94. The molecular formula is C8H7F3O. The molecule has 0 radical (unpaired) electrons. The van der Waals surface area contributed by atoms with Gasteiger partial charge in [-0.3, -0.25) is 0 Å². The van der Waals surface area contributed by atoms with E-state index in [2.05, 4.69) is 0 Å². The van der Waals surface area contributed by atoms with Crippen LogP contribution in [0, 0.1) is 12.7 Å². The zero-order chi connectivity index (χ0) is 9.30. The first-order valence-corrected chi connectivity index (χ1v) is 3.30. The van der Waals surface area contributed by atoms with Gasteiger partial charge in [0.15, 0.2) is 0 Å². The molecule has 0 aliphatic carbocycles. The van der Waals surface area contributed by atoms with E-state index in [1.807, 2.05) is 0 Å². The number of hydrogen-bond acceptors (Lipinski definition) is 1. The average molecular weight is 176 g/mol. The summed E-state index contributed by atoms with van der Waals surface area (Å²) in [6.45, 7) is 1.36. The summed E-state index contributed by atoms with van der Waals surface area (Å²) >= 11 is 0. The van der Waals surface area contributed by atoms with E-state index in [9.17, 15) is 13.2 Å². The minimum absolute atomic E-state index is 0.100. The molecule has 0 amide bonds. The number of aryl methyl sites for hydroxylation is 1. The lowest BCUT2D eigenvalue weighted by atomic mass is 10.1. The van der Waals surface area contributed by atoms with E-state index in [4.69, 9.17) is 5.11 Å².